The van der Waals surface area contributed by atoms with E-state index in [2.05, 4.69) is 19.2 Å². The molecule has 17 heavy (non-hydrogen) atoms. The molecule has 0 heterocycles. The molecule has 3 N–H and O–H groups in total. The van der Waals surface area contributed by atoms with Crippen LogP contribution >= 0.6 is 0 Å². The smallest absolute Gasteiger partial charge is 0.237 e. The maximum atomic E-state index is 11.6. The Hall–Kier alpha value is -0.610. The zero-order chi connectivity index (χ0) is 13.3. The maximum Gasteiger partial charge on any atom is 0.237 e. The second-order valence-corrected chi connectivity index (χ2v) is 5.00. The van der Waals surface area contributed by atoms with Gasteiger partial charge in [-0.25, -0.2) is 0 Å². The van der Waals surface area contributed by atoms with Crippen molar-refractivity contribution in [1.82, 2.24) is 5.32 Å². The zero-order valence-electron chi connectivity index (χ0n) is 11.7. The Labute approximate surface area is 105 Å². The van der Waals surface area contributed by atoms with Gasteiger partial charge in [0.2, 0.25) is 5.91 Å². The third-order valence-electron chi connectivity index (χ3n) is 2.94. The molecular formula is C13H28N2O2. The minimum absolute atomic E-state index is 0.0770. The monoisotopic (exact) mass is 244 g/mol. The molecule has 0 saturated carbocycles. The molecule has 0 aromatic heterocycles. The number of nitrogens with one attached hydrogen (secondary N) is 1. The number of amides is 1. The Kier molecular flexibility index (Phi) is 9.09. The molecule has 0 aromatic carbocycles. The third kappa shape index (κ3) is 8.16. The fraction of sp³-hybridized carbons (Fsp3) is 0.923. The molecule has 102 valence electrons. The van der Waals surface area contributed by atoms with Crippen LogP contribution in [0.1, 0.15) is 40.5 Å². The Morgan fingerprint density at radius 1 is 1.29 bits per heavy atom. The van der Waals surface area contributed by atoms with Gasteiger partial charge in [-0.1, -0.05) is 34.1 Å². The summed E-state index contributed by atoms with van der Waals surface area (Å²) in [7, 11) is 0. The highest BCUT2D eigenvalue weighted by Gasteiger charge is 2.18. The number of rotatable bonds is 9. The van der Waals surface area contributed by atoms with E-state index in [0.717, 1.165) is 19.4 Å². The molecule has 0 spiro atoms. The second-order valence-electron chi connectivity index (χ2n) is 5.00. The van der Waals surface area contributed by atoms with E-state index in [0.29, 0.717) is 19.1 Å². The average Bonchev–Trinajstić information content (AvgIpc) is 2.30. The van der Waals surface area contributed by atoms with Gasteiger partial charge in [-0.05, 0) is 18.3 Å². The lowest BCUT2D eigenvalue weighted by molar-refractivity contribution is -0.123. The van der Waals surface area contributed by atoms with Crippen LogP contribution in [0.5, 0.6) is 0 Å². The van der Waals surface area contributed by atoms with E-state index in [-0.39, 0.29) is 11.8 Å². The topological polar surface area (TPSA) is 64.4 Å². The van der Waals surface area contributed by atoms with Crippen LogP contribution in [0.3, 0.4) is 0 Å². The van der Waals surface area contributed by atoms with Crippen LogP contribution in [-0.2, 0) is 9.53 Å². The number of hydrogen-bond donors (Lipinski definition) is 2. The summed E-state index contributed by atoms with van der Waals surface area (Å²) in [6, 6.07) is -0.407. The van der Waals surface area contributed by atoms with Crippen molar-refractivity contribution in [2.45, 2.75) is 46.6 Å². The van der Waals surface area contributed by atoms with E-state index in [1.165, 1.54) is 0 Å². The first-order valence-electron chi connectivity index (χ1n) is 6.60. The number of ether oxygens (including phenoxy) is 1. The van der Waals surface area contributed by atoms with Crippen molar-refractivity contribution in [1.29, 1.82) is 0 Å². The molecule has 1 amide bonds. The summed E-state index contributed by atoms with van der Waals surface area (Å²) in [4.78, 5) is 11.6. The van der Waals surface area contributed by atoms with E-state index in [1.807, 2.05) is 13.8 Å². The van der Waals surface area contributed by atoms with Crippen molar-refractivity contribution in [2.24, 2.45) is 17.6 Å². The van der Waals surface area contributed by atoms with Crippen LogP contribution in [-0.4, -0.2) is 31.7 Å². The molecule has 0 aromatic rings. The lowest BCUT2D eigenvalue weighted by Gasteiger charge is -2.17. The van der Waals surface area contributed by atoms with Crippen LogP contribution < -0.4 is 11.1 Å². The molecule has 0 rings (SSSR count). The van der Waals surface area contributed by atoms with Crippen molar-refractivity contribution in [3.05, 3.63) is 0 Å². The van der Waals surface area contributed by atoms with Gasteiger partial charge in [-0.2, -0.15) is 0 Å². The number of carbonyl (C=O) groups excluding carboxylic acids is 1. The standard InChI is InChI=1S/C13H28N2O2/c1-5-11(4)12(14)13(16)15-7-9-17-8-6-10(2)3/h10-12H,5-9,14H2,1-4H3,(H,15,16)/t11-,12-/m0/s1. The van der Waals surface area contributed by atoms with E-state index in [1.54, 1.807) is 0 Å². The van der Waals surface area contributed by atoms with E-state index in [9.17, 15) is 4.79 Å². The van der Waals surface area contributed by atoms with Gasteiger partial charge >= 0.3 is 0 Å². The van der Waals surface area contributed by atoms with Crippen LogP contribution in [0, 0.1) is 11.8 Å². The van der Waals surface area contributed by atoms with Crippen molar-refractivity contribution in [3.8, 4) is 0 Å². The predicted molar refractivity (Wildman–Crippen MR) is 70.7 cm³/mol. The quantitative estimate of drug-likeness (QED) is 0.605. The molecule has 0 aliphatic carbocycles. The first-order chi connectivity index (χ1) is 7.99. The van der Waals surface area contributed by atoms with Crippen LogP contribution in [0.25, 0.3) is 0 Å². The van der Waals surface area contributed by atoms with Gasteiger partial charge in [0, 0.05) is 13.2 Å². The van der Waals surface area contributed by atoms with E-state index >= 15 is 0 Å². The number of hydrogen-bond acceptors (Lipinski definition) is 3. The van der Waals surface area contributed by atoms with E-state index in [4.69, 9.17) is 10.5 Å². The van der Waals surface area contributed by atoms with Crippen LogP contribution in [0.4, 0.5) is 0 Å². The predicted octanol–water partition coefficient (Wildman–Crippen LogP) is 1.54. The van der Waals surface area contributed by atoms with Gasteiger partial charge < -0.3 is 15.8 Å². The number of carbonyl (C=O) groups is 1. The minimum Gasteiger partial charge on any atom is -0.380 e. The van der Waals surface area contributed by atoms with Crippen molar-refractivity contribution < 1.29 is 9.53 Å². The molecule has 0 fully saturated rings. The normalized spacial score (nSPS) is 14.7. The van der Waals surface area contributed by atoms with Gasteiger partial charge in [0.15, 0.2) is 0 Å². The van der Waals surface area contributed by atoms with Crippen LogP contribution in [0.15, 0.2) is 0 Å². The van der Waals surface area contributed by atoms with E-state index < -0.39 is 6.04 Å². The molecule has 0 bridgehead atoms. The summed E-state index contributed by atoms with van der Waals surface area (Å²) in [6.45, 7) is 10.2. The van der Waals surface area contributed by atoms with Gasteiger partial charge in [0.25, 0.3) is 0 Å². The maximum absolute atomic E-state index is 11.6. The highest BCUT2D eigenvalue weighted by molar-refractivity contribution is 5.81. The lowest BCUT2D eigenvalue weighted by Crippen LogP contribution is -2.45. The first kappa shape index (κ1) is 16.4. The Morgan fingerprint density at radius 2 is 1.94 bits per heavy atom. The Bertz CT molecular complexity index is 208. The Balaban J connectivity index is 3.51. The van der Waals surface area contributed by atoms with Gasteiger partial charge in [-0.3, -0.25) is 4.79 Å². The molecule has 0 saturated heterocycles. The molecule has 0 aliphatic heterocycles. The summed E-state index contributed by atoms with van der Waals surface area (Å²) in [5.74, 6) is 0.798. The molecule has 4 nitrogen and oxygen atoms in total. The molecular weight excluding hydrogens is 216 g/mol. The molecule has 0 aliphatic rings. The summed E-state index contributed by atoms with van der Waals surface area (Å²) < 4.78 is 5.41. The van der Waals surface area contributed by atoms with Crippen LogP contribution in [0.2, 0.25) is 0 Å². The molecule has 0 unspecified atom stereocenters. The number of nitrogens with two attached hydrogens (primary N) is 1. The van der Waals surface area contributed by atoms with Gasteiger partial charge in [0.05, 0.1) is 12.6 Å². The fourth-order valence-electron chi connectivity index (χ4n) is 1.30. The minimum atomic E-state index is -0.407. The zero-order valence-corrected chi connectivity index (χ0v) is 11.7. The lowest BCUT2D eigenvalue weighted by atomic mass is 9.99. The third-order valence-corrected chi connectivity index (χ3v) is 2.94. The summed E-state index contributed by atoms with van der Waals surface area (Å²) >= 11 is 0. The van der Waals surface area contributed by atoms with Gasteiger partial charge in [-0.15, -0.1) is 0 Å². The van der Waals surface area contributed by atoms with Gasteiger partial charge in [0.1, 0.15) is 0 Å². The summed E-state index contributed by atoms with van der Waals surface area (Å²) in [5.41, 5.74) is 5.80. The largest absolute Gasteiger partial charge is 0.380 e. The molecule has 0 radical (unpaired) electrons. The fourth-order valence-corrected chi connectivity index (χ4v) is 1.30. The van der Waals surface area contributed by atoms with Crippen molar-refractivity contribution in [3.63, 3.8) is 0 Å². The highest BCUT2D eigenvalue weighted by atomic mass is 16.5. The SMILES string of the molecule is CC[C@H](C)[C@H](N)C(=O)NCCOCCC(C)C. The van der Waals surface area contributed by atoms with Crippen molar-refractivity contribution >= 4 is 5.91 Å². The second kappa shape index (κ2) is 9.42. The summed E-state index contributed by atoms with van der Waals surface area (Å²) in [6.07, 6.45) is 1.97. The summed E-state index contributed by atoms with van der Waals surface area (Å²) in [5, 5.41) is 2.80. The highest BCUT2D eigenvalue weighted by Crippen LogP contribution is 2.04. The molecule has 2 atom stereocenters. The first-order valence-corrected chi connectivity index (χ1v) is 6.60. The van der Waals surface area contributed by atoms with Crippen molar-refractivity contribution in [2.75, 3.05) is 19.8 Å². The average molecular weight is 244 g/mol. The molecule has 4 heteroatoms. The Morgan fingerprint density at radius 3 is 2.47 bits per heavy atom.